The van der Waals surface area contributed by atoms with Gasteiger partial charge in [-0.15, -0.1) is 0 Å². The normalized spacial score (nSPS) is 21.8. The van der Waals surface area contributed by atoms with E-state index in [1.54, 1.807) is 0 Å². The number of hydrogen-bond donors (Lipinski definition) is 2. The summed E-state index contributed by atoms with van der Waals surface area (Å²) in [5.74, 6) is 0.129. The molecule has 1 unspecified atom stereocenters. The molecule has 0 radical (unpaired) electrons. The van der Waals surface area contributed by atoms with Crippen molar-refractivity contribution in [2.75, 3.05) is 6.54 Å². The number of carbonyl (C=O) groups is 1. The van der Waals surface area contributed by atoms with E-state index in [1.807, 2.05) is 6.92 Å². The molecule has 0 saturated heterocycles. The van der Waals surface area contributed by atoms with Crippen LogP contribution in [0.25, 0.3) is 0 Å². The Kier molecular flexibility index (Phi) is 3.31. The molecule has 0 aromatic rings. The van der Waals surface area contributed by atoms with Crippen molar-refractivity contribution in [3.63, 3.8) is 0 Å². The highest BCUT2D eigenvalue weighted by atomic mass is 16.2. The smallest absolute Gasteiger partial charge is 0.224 e. The van der Waals surface area contributed by atoms with Crippen molar-refractivity contribution in [1.29, 1.82) is 0 Å². The zero-order valence-corrected chi connectivity index (χ0v) is 8.60. The van der Waals surface area contributed by atoms with Gasteiger partial charge in [-0.05, 0) is 32.6 Å². The van der Waals surface area contributed by atoms with Crippen LogP contribution in [0.2, 0.25) is 0 Å². The van der Waals surface area contributed by atoms with E-state index in [0.717, 1.165) is 19.3 Å². The number of rotatable bonds is 4. The fourth-order valence-electron chi connectivity index (χ4n) is 1.69. The Balaban J connectivity index is 2.39. The molecule has 0 heterocycles. The summed E-state index contributed by atoms with van der Waals surface area (Å²) < 4.78 is 0. The average Bonchev–Trinajstić information content (AvgIpc) is 2.04. The van der Waals surface area contributed by atoms with Gasteiger partial charge < -0.3 is 11.1 Å². The molecule has 0 spiro atoms. The summed E-state index contributed by atoms with van der Waals surface area (Å²) >= 11 is 0. The van der Waals surface area contributed by atoms with E-state index in [4.69, 9.17) is 5.73 Å². The van der Waals surface area contributed by atoms with Crippen molar-refractivity contribution < 1.29 is 4.79 Å². The van der Waals surface area contributed by atoms with Crippen LogP contribution in [0.4, 0.5) is 0 Å². The quantitative estimate of drug-likeness (QED) is 0.685. The van der Waals surface area contributed by atoms with E-state index in [-0.39, 0.29) is 17.4 Å². The van der Waals surface area contributed by atoms with Crippen molar-refractivity contribution in [3.8, 4) is 0 Å². The maximum Gasteiger partial charge on any atom is 0.224 e. The Morgan fingerprint density at radius 2 is 2.23 bits per heavy atom. The third-order valence-electron chi connectivity index (χ3n) is 3.03. The molecule has 0 aliphatic heterocycles. The number of nitrogens with one attached hydrogen (secondary N) is 1. The lowest BCUT2D eigenvalue weighted by Gasteiger charge is -2.40. The largest absolute Gasteiger partial charge is 0.351 e. The molecule has 3 N–H and O–H groups in total. The molecule has 0 bridgehead atoms. The zero-order valence-electron chi connectivity index (χ0n) is 8.60. The second-order valence-corrected chi connectivity index (χ2v) is 4.24. The Morgan fingerprint density at radius 1 is 1.62 bits per heavy atom. The van der Waals surface area contributed by atoms with Crippen LogP contribution in [-0.2, 0) is 4.79 Å². The van der Waals surface area contributed by atoms with Crippen LogP contribution in [0, 0.1) is 5.92 Å². The number of amides is 1. The van der Waals surface area contributed by atoms with Gasteiger partial charge in [-0.25, -0.2) is 0 Å². The molecule has 1 fully saturated rings. The highest BCUT2D eigenvalue weighted by Crippen LogP contribution is 2.31. The van der Waals surface area contributed by atoms with Gasteiger partial charge in [0.1, 0.15) is 0 Å². The molecule has 3 nitrogen and oxygen atoms in total. The minimum atomic E-state index is -0.00238. The first-order valence-corrected chi connectivity index (χ1v) is 5.13. The fourth-order valence-corrected chi connectivity index (χ4v) is 1.69. The van der Waals surface area contributed by atoms with Crippen LogP contribution in [-0.4, -0.2) is 18.0 Å². The van der Waals surface area contributed by atoms with Crippen molar-refractivity contribution in [1.82, 2.24) is 5.32 Å². The maximum atomic E-state index is 11.6. The van der Waals surface area contributed by atoms with E-state index in [2.05, 4.69) is 12.2 Å². The predicted molar refractivity (Wildman–Crippen MR) is 53.2 cm³/mol. The summed E-state index contributed by atoms with van der Waals surface area (Å²) in [6, 6.07) is 0. The summed E-state index contributed by atoms with van der Waals surface area (Å²) in [6.07, 6.45) is 4.29. The van der Waals surface area contributed by atoms with Crippen LogP contribution < -0.4 is 11.1 Å². The van der Waals surface area contributed by atoms with Gasteiger partial charge in [0.2, 0.25) is 5.91 Å². The molecule has 1 aliphatic rings. The lowest BCUT2D eigenvalue weighted by molar-refractivity contribution is -0.127. The van der Waals surface area contributed by atoms with Crippen molar-refractivity contribution in [2.24, 2.45) is 11.7 Å². The van der Waals surface area contributed by atoms with Gasteiger partial charge in [-0.3, -0.25) is 4.79 Å². The Bertz CT molecular complexity index is 183. The summed E-state index contributed by atoms with van der Waals surface area (Å²) in [4.78, 5) is 11.6. The molecule has 1 aliphatic carbocycles. The SMILES string of the molecule is CCC(CN)C(=O)NC1(C)CCC1. The summed E-state index contributed by atoms with van der Waals surface area (Å²) in [5.41, 5.74) is 5.57. The first-order chi connectivity index (χ1) is 6.11. The number of carbonyl (C=O) groups excluding carboxylic acids is 1. The minimum absolute atomic E-state index is 0.00238. The highest BCUT2D eigenvalue weighted by Gasteiger charge is 2.34. The van der Waals surface area contributed by atoms with Gasteiger partial charge in [0.25, 0.3) is 0 Å². The third kappa shape index (κ3) is 2.44. The molecule has 0 aromatic heterocycles. The maximum absolute atomic E-state index is 11.6. The third-order valence-corrected chi connectivity index (χ3v) is 3.03. The summed E-state index contributed by atoms with van der Waals surface area (Å²) in [5, 5.41) is 3.08. The molecule has 1 atom stereocenters. The van der Waals surface area contributed by atoms with Crippen molar-refractivity contribution in [2.45, 2.75) is 45.1 Å². The van der Waals surface area contributed by atoms with E-state index in [1.165, 1.54) is 6.42 Å². The second kappa shape index (κ2) is 4.09. The Hall–Kier alpha value is -0.570. The highest BCUT2D eigenvalue weighted by molar-refractivity contribution is 5.79. The molecule has 1 saturated carbocycles. The number of nitrogens with two attached hydrogens (primary N) is 1. The zero-order chi connectivity index (χ0) is 9.90. The van der Waals surface area contributed by atoms with Gasteiger partial charge in [-0.2, -0.15) is 0 Å². The molecule has 1 rings (SSSR count). The van der Waals surface area contributed by atoms with Crippen LogP contribution in [0.1, 0.15) is 39.5 Å². The topological polar surface area (TPSA) is 55.1 Å². The van der Waals surface area contributed by atoms with Gasteiger partial charge in [0.05, 0.1) is 0 Å². The summed E-state index contributed by atoms with van der Waals surface area (Å²) in [6.45, 7) is 4.57. The standard InChI is InChI=1S/C10H20N2O/c1-3-8(7-11)9(13)12-10(2)5-4-6-10/h8H,3-7,11H2,1-2H3,(H,12,13). The summed E-state index contributed by atoms with van der Waals surface area (Å²) in [7, 11) is 0. The van der Waals surface area contributed by atoms with Crippen molar-refractivity contribution >= 4 is 5.91 Å². The van der Waals surface area contributed by atoms with E-state index < -0.39 is 0 Å². The van der Waals surface area contributed by atoms with Crippen LogP contribution >= 0.6 is 0 Å². The van der Waals surface area contributed by atoms with Gasteiger partial charge in [-0.1, -0.05) is 6.92 Å². The van der Waals surface area contributed by atoms with Crippen LogP contribution in [0.3, 0.4) is 0 Å². The lowest BCUT2D eigenvalue weighted by atomic mass is 9.78. The van der Waals surface area contributed by atoms with Crippen LogP contribution in [0.15, 0.2) is 0 Å². The molecular weight excluding hydrogens is 164 g/mol. The molecular formula is C10H20N2O. The van der Waals surface area contributed by atoms with Crippen LogP contribution in [0.5, 0.6) is 0 Å². The molecule has 0 aromatic carbocycles. The van der Waals surface area contributed by atoms with E-state index in [9.17, 15) is 4.79 Å². The van der Waals surface area contributed by atoms with Gasteiger partial charge in [0.15, 0.2) is 0 Å². The van der Waals surface area contributed by atoms with Gasteiger partial charge >= 0.3 is 0 Å². The predicted octanol–water partition coefficient (Wildman–Crippen LogP) is 1.03. The van der Waals surface area contributed by atoms with Gasteiger partial charge in [0, 0.05) is 18.0 Å². The van der Waals surface area contributed by atoms with E-state index in [0.29, 0.717) is 6.54 Å². The first kappa shape index (κ1) is 10.5. The molecule has 13 heavy (non-hydrogen) atoms. The first-order valence-electron chi connectivity index (χ1n) is 5.13. The average molecular weight is 184 g/mol. The molecule has 3 heteroatoms. The Morgan fingerprint density at radius 3 is 2.54 bits per heavy atom. The monoisotopic (exact) mass is 184 g/mol. The second-order valence-electron chi connectivity index (χ2n) is 4.24. The molecule has 76 valence electrons. The Labute approximate surface area is 80.1 Å². The lowest BCUT2D eigenvalue weighted by Crippen LogP contribution is -2.53. The minimum Gasteiger partial charge on any atom is -0.351 e. The molecule has 1 amide bonds. The fraction of sp³-hybridized carbons (Fsp3) is 0.900. The van der Waals surface area contributed by atoms with E-state index >= 15 is 0 Å². The van der Waals surface area contributed by atoms with Crippen molar-refractivity contribution in [3.05, 3.63) is 0 Å². The number of hydrogen-bond acceptors (Lipinski definition) is 2.